The van der Waals surface area contributed by atoms with Gasteiger partial charge in [0.25, 0.3) is 5.56 Å². The summed E-state index contributed by atoms with van der Waals surface area (Å²) in [5.74, 6) is 0.811. The lowest BCUT2D eigenvalue weighted by atomic mass is 10.3. The maximum Gasteiger partial charge on any atom is 0.280 e. The molecule has 0 amide bonds. The predicted octanol–water partition coefficient (Wildman–Crippen LogP) is 3.30. The van der Waals surface area contributed by atoms with Gasteiger partial charge < -0.3 is 10.1 Å². The summed E-state index contributed by atoms with van der Waals surface area (Å²) in [6.45, 7) is 0. The monoisotopic (exact) mass is 334 g/mol. The molecule has 3 aromatic rings. The molecule has 112 valence electrons. The lowest BCUT2D eigenvalue weighted by Gasteiger charge is -2.07. The predicted molar refractivity (Wildman–Crippen MR) is 87.3 cm³/mol. The Labute approximate surface area is 134 Å². The molecule has 0 fully saturated rings. The number of halogens is 1. The van der Waals surface area contributed by atoms with Gasteiger partial charge in [0, 0.05) is 5.69 Å². The fourth-order valence-corrected chi connectivity index (χ4v) is 2.81. The van der Waals surface area contributed by atoms with E-state index in [1.165, 1.54) is 11.3 Å². The Hall–Kier alpha value is -2.38. The lowest BCUT2D eigenvalue weighted by Crippen LogP contribution is -2.15. The number of anilines is 2. The van der Waals surface area contributed by atoms with Crippen LogP contribution in [0.15, 0.2) is 40.5 Å². The third-order valence-corrected chi connectivity index (χ3v) is 4.04. The first kappa shape index (κ1) is 14.6. The van der Waals surface area contributed by atoms with Crippen molar-refractivity contribution in [1.82, 2.24) is 15.2 Å². The van der Waals surface area contributed by atoms with Crippen molar-refractivity contribution in [1.29, 1.82) is 0 Å². The van der Waals surface area contributed by atoms with Gasteiger partial charge in [0.1, 0.15) is 5.75 Å². The third kappa shape index (κ3) is 2.95. The fraction of sp³-hybridized carbons (Fsp3) is 0.0714. The second-order valence-corrected chi connectivity index (χ2v) is 5.66. The smallest absolute Gasteiger partial charge is 0.280 e. The number of ether oxygens (including phenoxy) is 1. The van der Waals surface area contributed by atoms with Gasteiger partial charge in [0.05, 0.1) is 17.0 Å². The highest BCUT2D eigenvalue weighted by Crippen LogP contribution is 2.28. The zero-order valence-corrected chi connectivity index (χ0v) is 13.0. The van der Waals surface area contributed by atoms with Gasteiger partial charge in [-0.2, -0.15) is 0 Å². The van der Waals surface area contributed by atoms with E-state index in [0.29, 0.717) is 22.2 Å². The molecule has 1 aromatic carbocycles. The molecule has 0 aliphatic rings. The lowest BCUT2D eigenvalue weighted by molar-refractivity contribution is 0.415. The molecule has 8 heteroatoms. The van der Waals surface area contributed by atoms with Gasteiger partial charge >= 0.3 is 0 Å². The summed E-state index contributed by atoms with van der Waals surface area (Å²) in [4.78, 5) is 15.5. The molecule has 2 aromatic heterocycles. The number of hydrogen-bond acceptors (Lipinski definition) is 6. The van der Waals surface area contributed by atoms with Crippen LogP contribution in [-0.4, -0.2) is 22.3 Å². The maximum absolute atomic E-state index is 12.1. The highest BCUT2D eigenvalue weighted by molar-refractivity contribution is 7.13. The quantitative estimate of drug-likeness (QED) is 0.765. The van der Waals surface area contributed by atoms with Crippen molar-refractivity contribution >= 4 is 34.6 Å². The van der Waals surface area contributed by atoms with E-state index in [1.54, 1.807) is 25.3 Å². The Bertz CT molecular complexity index is 848. The van der Waals surface area contributed by atoms with Crippen LogP contribution in [0.25, 0.3) is 10.6 Å². The molecule has 2 N–H and O–H groups in total. The van der Waals surface area contributed by atoms with Crippen molar-refractivity contribution in [3.8, 4) is 16.3 Å². The highest BCUT2D eigenvalue weighted by Gasteiger charge is 2.09. The summed E-state index contributed by atoms with van der Waals surface area (Å²) in [7, 11) is 1.54. The SMILES string of the molecule is COc1ccc(Nc2nnc(-c3cccs3)c(=O)[nH]2)cc1Cl. The summed E-state index contributed by atoms with van der Waals surface area (Å²) in [6.07, 6.45) is 0. The average Bonchev–Trinajstić information content (AvgIpc) is 3.01. The van der Waals surface area contributed by atoms with Crippen LogP contribution in [0.3, 0.4) is 0 Å². The molecule has 22 heavy (non-hydrogen) atoms. The summed E-state index contributed by atoms with van der Waals surface area (Å²) in [6, 6.07) is 8.83. The van der Waals surface area contributed by atoms with Gasteiger partial charge in [0.2, 0.25) is 5.95 Å². The number of hydrogen-bond donors (Lipinski definition) is 2. The molecule has 0 unspecified atom stereocenters. The Morgan fingerprint density at radius 2 is 2.18 bits per heavy atom. The Kier molecular flexibility index (Phi) is 4.08. The first-order valence-corrected chi connectivity index (χ1v) is 7.54. The standard InChI is InChI=1S/C14H11ClN4O2S/c1-21-10-5-4-8(7-9(10)15)16-14-17-13(20)12(18-19-14)11-3-2-6-22-11/h2-7H,1H3,(H2,16,17,19,20). The molecule has 2 heterocycles. The van der Waals surface area contributed by atoms with Gasteiger partial charge in [0.15, 0.2) is 5.69 Å². The number of nitrogens with zero attached hydrogens (tertiary/aromatic N) is 2. The largest absolute Gasteiger partial charge is 0.495 e. The zero-order valence-electron chi connectivity index (χ0n) is 11.5. The molecular formula is C14H11ClN4O2S. The minimum absolute atomic E-state index is 0.242. The number of rotatable bonds is 4. The number of nitrogens with one attached hydrogen (secondary N) is 2. The third-order valence-electron chi connectivity index (χ3n) is 2.87. The molecule has 0 aliphatic heterocycles. The van der Waals surface area contributed by atoms with Crippen LogP contribution in [0, 0.1) is 0 Å². The second-order valence-electron chi connectivity index (χ2n) is 4.30. The molecule has 0 radical (unpaired) electrons. The van der Waals surface area contributed by atoms with E-state index in [1.807, 2.05) is 17.5 Å². The Morgan fingerprint density at radius 1 is 1.32 bits per heavy atom. The van der Waals surface area contributed by atoms with Gasteiger partial charge in [-0.15, -0.1) is 21.5 Å². The Balaban J connectivity index is 1.86. The normalized spacial score (nSPS) is 10.5. The summed E-state index contributed by atoms with van der Waals surface area (Å²) in [5, 5.41) is 13.2. The van der Waals surface area contributed by atoms with Gasteiger partial charge in [-0.25, -0.2) is 0 Å². The molecule has 0 aliphatic carbocycles. The van der Waals surface area contributed by atoms with E-state index in [2.05, 4.69) is 20.5 Å². The molecule has 3 rings (SSSR count). The number of aromatic amines is 1. The van der Waals surface area contributed by atoms with E-state index in [4.69, 9.17) is 16.3 Å². The minimum Gasteiger partial charge on any atom is -0.495 e. The van der Waals surface area contributed by atoms with Crippen LogP contribution < -0.4 is 15.6 Å². The molecule has 0 bridgehead atoms. The van der Waals surface area contributed by atoms with E-state index < -0.39 is 0 Å². The minimum atomic E-state index is -0.306. The van der Waals surface area contributed by atoms with Crippen LogP contribution >= 0.6 is 22.9 Å². The molecule has 0 spiro atoms. The first-order valence-electron chi connectivity index (χ1n) is 6.29. The van der Waals surface area contributed by atoms with Crippen molar-refractivity contribution in [3.05, 3.63) is 51.1 Å². The molecule has 0 saturated carbocycles. The average molecular weight is 335 g/mol. The van der Waals surface area contributed by atoms with Gasteiger partial charge in [-0.1, -0.05) is 17.7 Å². The van der Waals surface area contributed by atoms with E-state index in [0.717, 1.165) is 4.88 Å². The van der Waals surface area contributed by atoms with Crippen molar-refractivity contribution in [2.45, 2.75) is 0 Å². The fourth-order valence-electron chi connectivity index (χ4n) is 1.85. The zero-order chi connectivity index (χ0) is 15.5. The number of methoxy groups -OCH3 is 1. The summed E-state index contributed by atoms with van der Waals surface area (Å²) in [5.41, 5.74) is 0.660. The number of thiophene rings is 1. The topological polar surface area (TPSA) is 79.9 Å². The van der Waals surface area contributed by atoms with Crippen molar-refractivity contribution in [3.63, 3.8) is 0 Å². The molecular weight excluding hydrogens is 324 g/mol. The van der Waals surface area contributed by atoms with Gasteiger partial charge in [-0.05, 0) is 29.6 Å². The molecule has 0 saturated heterocycles. The second kappa shape index (κ2) is 6.17. The van der Waals surface area contributed by atoms with Crippen LogP contribution in [0.2, 0.25) is 5.02 Å². The van der Waals surface area contributed by atoms with Gasteiger partial charge in [-0.3, -0.25) is 9.78 Å². The van der Waals surface area contributed by atoms with Crippen molar-refractivity contribution in [2.75, 3.05) is 12.4 Å². The molecule has 6 nitrogen and oxygen atoms in total. The number of benzene rings is 1. The van der Waals surface area contributed by atoms with Crippen molar-refractivity contribution < 1.29 is 4.74 Å². The van der Waals surface area contributed by atoms with E-state index in [9.17, 15) is 4.79 Å². The number of H-pyrrole nitrogens is 1. The Morgan fingerprint density at radius 3 is 2.82 bits per heavy atom. The molecule has 0 atom stereocenters. The summed E-state index contributed by atoms with van der Waals surface area (Å²) >= 11 is 7.48. The van der Waals surface area contributed by atoms with Crippen LogP contribution in [0.4, 0.5) is 11.6 Å². The van der Waals surface area contributed by atoms with Crippen LogP contribution in [0.5, 0.6) is 5.75 Å². The van der Waals surface area contributed by atoms with Crippen LogP contribution in [-0.2, 0) is 0 Å². The number of aromatic nitrogens is 3. The van der Waals surface area contributed by atoms with Crippen molar-refractivity contribution in [2.24, 2.45) is 0 Å². The maximum atomic E-state index is 12.1. The highest BCUT2D eigenvalue weighted by atomic mass is 35.5. The van der Waals surface area contributed by atoms with Crippen LogP contribution in [0.1, 0.15) is 0 Å². The van der Waals surface area contributed by atoms with E-state index >= 15 is 0 Å². The summed E-state index contributed by atoms with van der Waals surface area (Å²) < 4.78 is 5.08. The first-order chi connectivity index (χ1) is 10.7. The van der Waals surface area contributed by atoms with E-state index in [-0.39, 0.29) is 11.5 Å².